The van der Waals surface area contributed by atoms with Crippen molar-refractivity contribution in [1.29, 1.82) is 0 Å². The average Bonchev–Trinajstić information content (AvgIpc) is 2.29. The molecule has 1 aliphatic rings. The summed E-state index contributed by atoms with van der Waals surface area (Å²) in [5.74, 6) is -0.947. The highest BCUT2D eigenvalue weighted by molar-refractivity contribution is 5.94. The monoisotopic (exact) mass is 309 g/mol. The molecule has 0 bridgehead atoms. The average molecular weight is 310 g/mol. The second kappa shape index (κ2) is 7.62. The lowest BCUT2D eigenvalue weighted by Crippen LogP contribution is -2.52. The summed E-state index contributed by atoms with van der Waals surface area (Å²) < 4.78 is 13.4. The standard InChI is InChI=1S/C12H16FN3O.2ClH/c1-12(3-6-14-7-4-12)16-11(17)9-2-5-15-8-10(9)13;;/h2,5,8,14H,3-4,6-7H2,1H3,(H,16,17);2*1H. The van der Waals surface area contributed by atoms with E-state index in [9.17, 15) is 9.18 Å². The molecule has 2 N–H and O–H groups in total. The van der Waals surface area contributed by atoms with Crippen molar-refractivity contribution in [3.63, 3.8) is 0 Å². The third-order valence-electron chi connectivity index (χ3n) is 3.14. The van der Waals surface area contributed by atoms with E-state index in [-0.39, 0.29) is 41.8 Å². The van der Waals surface area contributed by atoms with Gasteiger partial charge in [0.25, 0.3) is 5.91 Å². The van der Waals surface area contributed by atoms with Gasteiger partial charge < -0.3 is 10.6 Å². The van der Waals surface area contributed by atoms with E-state index in [1.807, 2.05) is 6.92 Å². The van der Waals surface area contributed by atoms with Crippen molar-refractivity contribution in [3.05, 3.63) is 29.8 Å². The van der Waals surface area contributed by atoms with Crippen LogP contribution in [0.25, 0.3) is 0 Å². The fourth-order valence-electron chi connectivity index (χ4n) is 2.00. The van der Waals surface area contributed by atoms with E-state index in [0.29, 0.717) is 0 Å². The van der Waals surface area contributed by atoms with Crippen LogP contribution in [-0.2, 0) is 0 Å². The Hall–Kier alpha value is -0.910. The number of nitrogens with one attached hydrogen (secondary N) is 2. The number of aromatic nitrogens is 1. The van der Waals surface area contributed by atoms with Crippen LogP contribution in [0.2, 0.25) is 0 Å². The van der Waals surface area contributed by atoms with Gasteiger partial charge in [-0.25, -0.2) is 4.39 Å². The molecule has 7 heteroatoms. The first-order valence-corrected chi connectivity index (χ1v) is 5.73. The van der Waals surface area contributed by atoms with Gasteiger partial charge in [0.05, 0.1) is 11.8 Å². The number of hydrogen-bond acceptors (Lipinski definition) is 3. The Morgan fingerprint density at radius 3 is 2.63 bits per heavy atom. The summed E-state index contributed by atoms with van der Waals surface area (Å²) in [6.45, 7) is 3.73. The highest BCUT2D eigenvalue weighted by atomic mass is 35.5. The van der Waals surface area contributed by atoms with Crippen molar-refractivity contribution in [2.45, 2.75) is 25.3 Å². The van der Waals surface area contributed by atoms with Gasteiger partial charge >= 0.3 is 0 Å². The molecule has 0 saturated carbocycles. The molecular weight excluding hydrogens is 292 g/mol. The number of rotatable bonds is 2. The molecule has 1 aromatic heterocycles. The van der Waals surface area contributed by atoms with E-state index in [4.69, 9.17) is 0 Å². The van der Waals surface area contributed by atoms with Gasteiger partial charge in [0.2, 0.25) is 0 Å². The first kappa shape index (κ1) is 18.1. The zero-order chi connectivity index (χ0) is 12.3. The van der Waals surface area contributed by atoms with E-state index in [1.165, 1.54) is 12.3 Å². The number of pyridine rings is 1. The van der Waals surface area contributed by atoms with Crippen molar-refractivity contribution in [2.75, 3.05) is 13.1 Å². The molecular formula is C12H18Cl2FN3O. The van der Waals surface area contributed by atoms with Gasteiger partial charge in [-0.1, -0.05) is 0 Å². The lowest BCUT2D eigenvalue weighted by molar-refractivity contribution is 0.0883. The van der Waals surface area contributed by atoms with Crippen molar-refractivity contribution < 1.29 is 9.18 Å². The highest BCUT2D eigenvalue weighted by Crippen LogP contribution is 2.18. The molecule has 1 aliphatic heterocycles. The van der Waals surface area contributed by atoms with E-state index in [0.717, 1.165) is 32.1 Å². The van der Waals surface area contributed by atoms with E-state index < -0.39 is 5.82 Å². The smallest absolute Gasteiger partial charge is 0.254 e. The molecule has 0 atom stereocenters. The summed E-state index contributed by atoms with van der Waals surface area (Å²) in [6.07, 6.45) is 4.18. The molecule has 0 unspecified atom stereocenters. The molecule has 108 valence electrons. The molecule has 0 spiro atoms. The summed E-state index contributed by atoms with van der Waals surface area (Å²) in [5, 5.41) is 6.13. The maximum Gasteiger partial charge on any atom is 0.254 e. The van der Waals surface area contributed by atoms with Gasteiger partial charge in [-0.3, -0.25) is 9.78 Å². The normalized spacial score (nSPS) is 16.7. The molecule has 0 radical (unpaired) electrons. The molecule has 1 aromatic rings. The predicted molar refractivity (Wildman–Crippen MR) is 76.7 cm³/mol. The van der Waals surface area contributed by atoms with Crippen LogP contribution < -0.4 is 10.6 Å². The van der Waals surface area contributed by atoms with Gasteiger partial charge in [0.15, 0.2) is 5.82 Å². The molecule has 4 nitrogen and oxygen atoms in total. The quantitative estimate of drug-likeness (QED) is 0.878. The molecule has 1 saturated heterocycles. The molecule has 0 aliphatic carbocycles. The van der Waals surface area contributed by atoms with Crippen molar-refractivity contribution >= 4 is 30.7 Å². The minimum absolute atomic E-state index is 0. The molecule has 1 amide bonds. The topological polar surface area (TPSA) is 54.0 Å². The SMILES string of the molecule is CC1(NC(=O)c2ccncc2F)CCNCC1.Cl.Cl. The maximum atomic E-state index is 13.4. The molecule has 19 heavy (non-hydrogen) atoms. The summed E-state index contributed by atoms with van der Waals surface area (Å²) in [6, 6.07) is 1.40. The lowest BCUT2D eigenvalue weighted by atomic mass is 9.90. The van der Waals surface area contributed by atoms with Gasteiger partial charge in [-0.05, 0) is 38.9 Å². The summed E-state index contributed by atoms with van der Waals surface area (Å²) >= 11 is 0. The highest BCUT2D eigenvalue weighted by Gasteiger charge is 2.29. The Morgan fingerprint density at radius 1 is 1.42 bits per heavy atom. The van der Waals surface area contributed by atoms with Gasteiger partial charge in [0.1, 0.15) is 0 Å². The number of carbonyl (C=O) groups is 1. The zero-order valence-corrected chi connectivity index (χ0v) is 12.2. The first-order valence-electron chi connectivity index (χ1n) is 5.73. The van der Waals surface area contributed by atoms with Gasteiger partial charge in [0, 0.05) is 11.7 Å². The fourth-order valence-corrected chi connectivity index (χ4v) is 2.00. The van der Waals surface area contributed by atoms with Crippen LogP contribution in [0.15, 0.2) is 18.5 Å². The number of hydrogen-bond donors (Lipinski definition) is 2. The number of carbonyl (C=O) groups excluding carboxylic acids is 1. The molecule has 2 rings (SSSR count). The number of nitrogens with zero attached hydrogens (tertiary/aromatic N) is 1. The first-order chi connectivity index (χ1) is 8.11. The third-order valence-corrected chi connectivity index (χ3v) is 3.14. The van der Waals surface area contributed by atoms with Crippen LogP contribution in [0.4, 0.5) is 4.39 Å². The second-order valence-corrected chi connectivity index (χ2v) is 4.62. The Morgan fingerprint density at radius 2 is 2.05 bits per heavy atom. The zero-order valence-electron chi connectivity index (χ0n) is 10.6. The van der Waals surface area contributed by atoms with Crippen LogP contribution in [-0.4, -0.2) is 29.5 Å². The molecule has 0 aromatic carbocycles. The van der Waals surface area contributed by atoms with Crippen molar-refractivity contribution in [3.8, 4) is 0 Å². The van der Waals surface area contributed by atoms with E-state index >= 15 is 0 Å². The van der Waals surface area contributed by atoms with Crippen LogP contribution >= 0.6 is 24.8 Å². The molecule has 1 fully saturated rings. The van der Waals surface area contributed by atoms with Crippen molar-refractivity contribution in [1.82, 2.24) is 15.6 Å². The summed E-state index contributed by atoms with van der Waals surface area (Å²) in [5.41, 5.74) is -0.197. The van der Waals surface area contributed by atoms with Crippen LogP contribution in [0.1, 0.15) is 30.1 Å². The largest absolute Gasteiger partial charge is 0.347 e. The molecule has 2 heterocycles. The Bertz CT molecular complexity index is 425. The predicted octanol–water partition coefficient (Wildman–Crippen LogP) is 1.94. The summed E-state index contributed by atoms with van der Waals surface area (Å²) in [4.78, 5) is 15.6. The fraction of sp³-hybridized carbons (Fsp3) is 0.500. The minimum atomic E-state index is -0.581. The van der Waals surface area contributed by atoms with Crippen LogP contribution in [0.3, 0.4) is 0 Å². The second-order valence-electron chi connectivity index (χ2n) is 4.62. The number of amides is 1. The van der Waals surface area contributed by atoms with Crippen molar-refractivity contribution in [2.24, 2.45) is 0 Å². The maximum absolute atomic E-state index is 13.4. The Balaban J connectivity index is 0.00000162. The van der Waals surface area contributed by atoms with Crippen LogP contribution in [0.5, 0.6) is 0 Å². The summed E-state index contributed by atoms with van der Waals surface area (Å²) in [7, 11) is 0. The van der Waals surface area contributed by atoms with E-state index in [1.54, 1.807) is 0 Å². The minimum Gasteiger partial charge on any atom is -0.347 e. The lowest BCUT2D eigenvalue weighted by Gasteiger charge is -2.35. The Labute approximate surface area is 124 Å². The van der Waals surface area contributed by atoms with Crippen LogP contribution in [0, 0.1) is 5.82 Å². The van der Waals surface area contributed by atoms with E-state index in [2.05, 4.69) is 15.6 Å². The third kappa shape index (κ3) is 4.60. The van der Waals surface area contributed by atoms with Gasteiger partial charge in [-0.2, -0.15) is 0 Å². The number of piperidine rings is 1. The Kier molecular flexibility index (Phi) is 7.26. The van der Waals surface area contributed by atoms with Gasteiger partial charge in [-0.15, -0.1) is 24.8 Å². The number of halogens is 3.